The van der Waals surface area contributed by atoms with Crippen molar-refractivity contribution >= 4 is 17.4 Å². The van der Waals surface area contributed by atoms with Gasteiger partial charge in [0.2, 0.25) is 5.91 Å². The molecule has 2 aliphatic heterocycles. The average molecular weight is 263 g/mol. The Kier molecular flexibility index (Phi) is 3.06. The number of nitrogens with one attached hydrogen (secondary N) is 1. The Morgan fingerprint density at radius 2 is 2.21 bits per heavy atom. The molecule has 0 aliphatic carbocycles. The highest BCUT2D eigenvalue weighted by atomic mass is 19.1. The number of Topliss-reactive ketones (excluding diaryl/α,β-unsaturated/α-hetero) is 1. The van der Waals surface area contributed by atoms with Gasteiger partial charge in [-0.1, -0.05) is 0 Å². The first kappa shape index (κ1) is 12.3. The van der Waals surface area contributed by atoms with Gasteiger partial charge in [-0.3, -0.25) is 9.59 Å². The van der Waals surface area contributed by atoms with Crippen LogP contribution in [0.3, 0.4) is 0 Å². The van der Waals surface area contributed by atoms with E-state index in [-0.39, 0.29) is 17.3 Å². The molecule has 0 aromatic heterocycles. The molecular formula is C14H14FNO3. The first-order chi connectivity index (χ1) is 9.15. The maximum Gasteiger partial charge on any atom is 0.224 e. The van der Waals surface area contributed by atoms with Crippen molar-refractivity contribution < 1.29 is 18.7 Å². The van der Waals surface area contributed by atoms with Crippen LogP contribution in [-0.2, 0) is 16.0 Å². The van der Waals surface area contributed by atoms with Gasteiger partial charge < -0.3 is 10.1 Å². The highest BCUT2D eigenvalue weighted by Gasteiger charge is 2.28. The second kappa shape index (κ2) is 4.74. The number of anilines is 1. The Morgan fingerprint density at radius 1 is 1.37 bits per heavy atom. The molecule has 19 heavy (non-hydrogen) atoms. The lowest BCUT2D eigenvalue weighted by Crippen LogP contribution is -2.23. The standard InChI is InChI=1S/C14H14FNO3/c15-10-7-11-8(3-4-13(17)16-11)6-9(10)14(18)12-2-1-5-19-12/h6-7,12H,1-5H2,(H,16,17). The van der Waals surface area contributed by atoms with E-state index in [0.717, 1.165) is 12.0 Å². The van der Waals surface area contributed by atoms with E-state index in [9.17, 15) is 14.0 Å². The molecule has 0 saturated carbocycles. The van der Waals surface area contributed by atoms with Crippen LogP contribution in [0.2, 0.25) is 0 Å². The summed E-state index contributed by atoms with van der Waals surface area (Å²) in [5.41, 5.74) is 1.35. The fourth-order valence-electron chi connectivity index (χ4n) is 2.55. The maximum absolute atomic E-state index is 14.0. The minimum atomic E-state index is -0.596. The van der Waals surface area contributed by atoms with E-state index in [4.69, 9.17) is 4.74 Å². The molecule has 1 aromatic carbocycles. The summed E-state index contributed by atoms with van der Waals surface area (Å²) in [4.78, 5) is 23.4. The van der Waals surface area contributed by atoms with Crippen LogP contribution in [0.15, 0.2) is 12.1 Å². The van der Waals surface area contributed by atoms with Crippen molar-refractivity contribution in [3.8, 4) is 0 Å². The van der Waals surface area contributed by atoms with Gasteiger partial charge in [0.15, 0.2) is 5.78 Å². The van der Waals surface area contributed by atoms with Gasteiger partial charge >= 0.3 is 0 Å². The molecule has 0 bridgehead atoms. The highest BCUT2D eigenvalue weighted by Crippen LogP contribution is 2.28. The van der Waals surface area contributed by atoms with Crippen molar-refractivity contribution in [1.29, 1.82) is 0 Å². The van der Waals surface area contributed by atoms with Gasteiger partial charge in [-0.2, -0.15) is 0 Å². The van der Waals surface area contributed by atoms with E-state index in [1.807, 2.05) is 0 Å². The van der Waals surface area contributed by atoms with E-state index in [0.29, 0.717) is 31.6 Å². The first-order valence-corrected chi connectivity index (χ1v) is 6.43. The third-order valence-electron chi connectivity index (χ3n) is 3.58. The molecule has 4 nitrogen and oxygen atoms in total. The van der Waals surface area contributed by atoms with Crippen molar-refractivity contribution in [2.45, 2.75) is 31.8 Å². The molecule has 2 heterocycles. The molecule has 1 N–H and O–H groups in total. The molecule has 1 unspecified atom stereocenters. The van der Waals surface area contributed by atoms with Crippen LogP contribution >= 0.6 is 0 Å². The summed E-state index contributed by atoms with van der Waals surface area (Å²) in [6.45, 7) is 0.555. The van der Waals surface area contributed by atoms with Crippen LogP contribution in [0.5, 0.6) is 0 Å². The number of hydrogen-bond acceptors (Lipinski definition) is 3. The minimum absolute atomic E-state index is 0.0711. The van der Waals surface area contributed by atoms with Gasteiger partial charge in [-0.25, -0.2) is 4.39 Å². The molecule has 1 fully saturated rings. The van der Waals surface area contributed by atoms with Crippen LogP contribution in [-0.4, -0.2) is 24.4 Å². The Morgan fingerprint density at radius 3 is 2.95 bits per heavy atom. The van der Waals surface area contributed by atoms with E-state index in [1.54, 1.807) is 6.07 Å². The van der Waals surface area contributed by atoms with Crippen LogP contribution < -0.4 is 5.32 Å². The molecule has 2 aliphatic rings. The van der Waals surface area contributed by atoms with Gasteiger partial charge in [-0.05, 0) is 37.0 Å². The molecular weight excluding hydrogens is 249 g/mol. The summed E-state index contributed by atoms with van der Waals surface area (Å²) in [6.07, 6.45) is 1.86. The van der Waals surface area contributed by atoms with Gasteiger partial charge in [0.05, 0.1) is 5.56 Å². The summed E-state index contributed by atoms with van der Waals surface area (Å²) in [5, 5.41) is 2.61. The van der Waals surface area contributed by atoms with Gasteiger partial charge in [0, 0.05) is 18.7 Å². The Labute approximate surface area is 109 Å². The summed E-state index contributed by atoms with van der Waals surface area (Å²) >= 11 is 0. The molecule has 1 atom stereocenters. The number of aryl methyl sites for hydroxylation is 1. The summed E-state index contributed by atoms with van der Waals surface area (Å²) in [6, 6.07) is 2.78. The lowest BCUT2D eigenvalue weighted by molar-refractivity contribution is -0.116. The van der Waals surface area contributed by atoms with E-state index >= 15 is 0 Å². The molecule has 5 heteroatoms. The van der Waals surface area contributed by atoms with E-state index < -0.39 is 11.9 Å². The summed E-state index contributed by atoms with van der Waals surface area (Å²) in [7, 11) is 0. The number of ketones is 1. The zero-order valence-corrected chi connectivity index (χ0v) is 10.4. The average Bonchev–Trinajstić information content (AvgIpc) is 2.91. The second-order valence-corrected chi connectivity index (χ2v) is 4.90. The number of benzene rings is 1. The maximum atomic E-state index is 14.0. The highest BCUT2D eigenvalue weighted by molar-refractivity contribution is 6.01. The van der Waals surface area contributed by atoms with Crippen LogP contribution in [0.25, 0.3) is 0 Å². The summed E-state index contributed by atoms with van der Waals surface area (Å²) < 4.78 is 19.3. The first-order valence-electron chi connectivity index (χ1n) is 6.43. The number of hydrogen-bond donors (Lipinski definition) is 1. The van der Waals surface area contributed by atoms with Crippen LogP contribution in [0, 0.1) is 5.82 Å². The van der Waals surface area contributed by atoms with Crippen molar-refractivity contribution in [1.82, 2.24) is 0 Å². The number of carbonyl (C=O) groups is 2. The second-order valence-electron chi connectivity index (χ2n) is 4.90. The molecule has 0 radical (unpaired) electrons. The quantitative estimate of drug-likeness (QED) is 0.831. The van der Waals surface area contributed by atoms with Gasteiger partial charge in [-0.15, -0.1) is 0 Å². The normalized spacial score (nSPS) is 21.9. The number of rotatable bonds is 2. The number of carbonyl (C=O) groups excluding carboxylic acids is 2. The number of halogens is 1. The largest absolute Gasteiger partial charge is 0.370 e. The monoisotopic (exact) mass is 263 g/mol. The van der Waals surface area contributed by atoms with Crippen LogP contribution in [0.4, 0.5) is 10.1 Å². The van der Waals surface area contributed by atoms with Crippen LogP contribution in [0.1, 0.15) is 35.2 Å². The zero-order chi connectivity index (χ0) is 13.4. The lowest BCUT2D eigenvalue weighted by atomic mass is 9.96. The van der Waals surface area contributed by atoms with E-state index in [2.05, 4.69) is 5.32 Å². The molecule has 1 aromatic rings. The SMILES string of the molecule is O=C1CCc2cc(C(=O)C3CCCO3)c(F)cc2N1. The predicted octanol–water partition coefficient (Wildman–Crippen LogP) is 2.07. The fourth-order valence-corrected chi connectivity index (χ4v) is 2.55. The van der Waals surface area contributed by atoms with Gasteiger partial charge in [0.1, 0.15) is 11.9 Å². The predicted molar refractivity (Wildman–Crippen MR) is 66.7 cm³/mol. The number of ether oxygens (including phenoxy) is 1. The van der Waals surface area contributed by atoms with E-state index in [1.165, 1.54) is 6.07 Å². The van der Waals surface area contributed by atoms with Gasteiger partial charge in [0.25, 0.3) is 0 Å². The van der Waals surface area contributed by atoms with Crippen molar-refractivity contribution in [3.05, 3.63) is 29.1 Å². The number of fused-ring (bicyclic) bond motifs is 1. The number of amides is 1. The molecule has 3 rings (SSSR count). The Bertz CT molecular complexity index is 550. The summed E-state index contributed by atoms with van der Waals surface area (Å²) in [5.74, 6) is -1.01. The zero-order valence-electron chi connectivity index (χ0n) is 10.4. The molecule has 1 saturated heterocycles. The molecule has 100 valence electrons. The van der Waals surface area contributed by atoms with Crippen molar-refractivity contribution in [2.24, 2.45) is 0 Å². The Hall–Kier alpha value is -1.75. The van der Waals surface area contributed by atoms with Crippen molar-refractivity contribution in [3.63, 3.8) is 0 Å². The molecule has 0 spiro atoms. The van der Waals surface area contributed by atoms with Crippen molar-refractivity contribution in [2.75, 3.05) is 11.9 Å². The third-order valence-corrected chi connectivity index (χ3v) is 3.58. The molecule has 1 amide bonds. The smallest absolute Gasteiger partial charge is 0.224 e. The lowest BCUT2D eigenvalue weighted by Gasteiger charge is -2.18. The Balaban J connectivity index is 1.94. The minimum Gasteiger partial charge on any atom is -0.370 e. The fraction of sp³-hybridized carbons (Fsp3) is 0.429. The topological polar surface area (TPSA) is 55.4 Å². The third kappa shape index (κ3) is 2.26.